The van der Waals surface area contributed by atoms with Crippen LogP contribution in [0.2, 0.25) is 0 Å². The summed E-state index contributed by atoms with van der Waals surface area (Å²) in [5, 5.41) is 8.78. The molecule has 0 aliphatic heterocycles. The summed E-state index contributed by atoms with van der Waals surface area (Å²) in [7, 11) is 1.77. The van der Waals surface area contributed by atoms with Crippen molar-refractivity contribution in [3.05, 3.63) is 21.4 Å². The number of carbonyl (C=O) groups is 1. The Labute approximate surface area is 112 Å². The van der Waals surface area contributed by atoms with E-state index in [1.807, 2.05) is 6.92 Å². The highest BCUT2D eigenvalue weighted by atomic mass is 32.1. The maximum Gasteiger partial charge on any atom is 0.263 e. The predicted molar refractivity (Wildman–Crippen MR) is 72.7 cm³/mol. The Kier molecular flexibility index (Phi) is 4.03. The Morgan fingerprint density at radius 3 is 2.94 bits per heavy atom. The summed E-state index contributed by atoms with van der Waals surface area (Å²) >= 11 is 1.63. The van der Waals surface area contributed by atoms with Crippen LogP contribution in [-0.2, 0) is 12.8 Å². The first-order valence-electron chi connectivity index (χ1n) is 6.38. The molecule has 0 N–H and O–H groups in total. The van der Waals surface area contributed by atoms with Gasteiger partial charge in [-0.3, -0.25) is 4.79 Å². The van der Waals surface area contributed by atoms with Crippen molar-refractivity contribution in [2.24, 2.45) is 5.92 Å². The average Bonchev–Trinajstić information content (AvgIpc) is 2.81. The lowest BCUT2D eigenvalue weighted by molar-refractivity contribution is 0.0790. The van der Waals surface area contributed by atoms with Crippen LogP contribution in [0.1, 0.15) is 39.9 Å². The van der Waals surface area contributed by atoms with Crippen LogP contribution in [0.5, 0.6) is 0 Å². The van der Waals surface area contributed by atoms with Crippen LogP contribution in [0.15, 0.2) is 6.07 Å². The minimum atomic E-state index is -0.117. The van der Waals surface area contributed by atoms with Crippen LogP contribution in [0.25, 0.3) is 0 Å². The van der Waals surface area contributed by atoms with Crippen LogP contribution in [0.4, 0.5) is 0 Å². The summed E-state index contributed by atoms with van der Waals surface area (Å²) in [4.78, 5) is 16.1. The second-order valence-electron chi connectivity index (χ2n) is 4.98. The topological polar surface area (TPSA) is 44.1 Å². The Hall–Kier alpha value is -1.34. The molecule has 1 aromatic heterocycles. The standard InChI is InChI=1S/C14H18N2OS/c1-10(8-15)9-16(2)14(17)13-7-11-5-3-4-6-12(11)18-13/h7,10H,3-6,9H2,1-2H3. The minimum absolute atomic E-state index is 0.0523. The number of nitrogens with zero attached hydrogens (tertiary/aromatic N) is 2. The van der Waals surface area contributed by atoms with E-state index >= 15 is 0 Å². The average molecular weight is 262 g/mol. The maximum absolute atomic E-state index is 12.2. The smallest absolute Gasteiger partial charge is 0.263 e. The van der Waals surface area contributed by atoms with E-state index in [2.05, 4.69) is 12.1 Å². The second kappa shape index (κ2) is 5.53. The van der Waals surface area contributed by atoms with Gasteiger partial charge in [-0.25, -0.2) is 0 Å². The van der Waals surface area contributed by atoms with Crippen molar-refractivity contribution in [2.45, 2.75) is 32.6 Å². The van der Waals surface area contributed by atoms with Gasteiger partial charge in [0.05, 0.1) is 16.9 Å². The van der Waals surface area contributed by atoms with E-state index < -0.39 is 0 Å². The van der Waals surface area contributed by atoms with E-state index in [1.165, 1.54) is 23.3 Å². The minimum Gasteiger partial charge on any atom is -0.340 e. The molecule has 0 spiro atoms. The molecule has 0 aromatic carbocycles. The number of fused-ring (bicyclic) bond motifs is 1. The number of rotatable bonds is 3. The van der Waals surface area contributed by atoms with Gasteiger partial charge in [0.2, 0.25) is 0 Å². The summed E-state index contributed by atoms with van der Waals surface area (Å²) in [6, 6.07) is 4.21. The van der Waals surface area contributed by atoms with Gasteiger partial charge in [0.15, 0.2) is 0 Å². The van der Waals surface area contributed by atoms with Gasteiger partial charge in [-0.15, -0.1) is 11.3 Å². The number of nitriles is 1. The Morgan fingerprint density at radius 1 is 1.56 bits per heavy atom. The summed E-state index contributed by atoms with van der Waals surface area (Å²) < 4.78 is 0. The third kappa shape index (κ3) is 2.73. The summed E-state index contributed by atoms with van der Waals surface area (Å²) in [5.74, 6) is -0.0648. The molecule has 0 saturated heterocycles. The van der Waals surface area contributed by atoms with Crippen LogP contribution >= 0.6 is 11.3 Å². The van der Waals surface area contributed by atoms with E-state index in [0.29, 0.717) is 6.54 Å². The number of aryl methyl sites for hydroxylation is 2. The number of amides is 1. The van der Waals surface area contributed by atoms with Gasteiger partial charge in [-0.1, -0.05) is 0 Å². The van der Waals surface area contributed by atoms with Gasteiger partial charge >= 0.3 is 0 Å². The van der Waals surface area contributed by atoms with Gasteiger partial charge in [0, 0.05) is 18.5 Å². The fourth-order valence-corrected chi connectivity index (χ4v) is 3.57. The predicted octanol–water partition coefficient (Wildman–Crippen LogP) is 2.86. The molecule has 1 amide bonds. The third-order valence-electron chi connectivity index (χ3n) is 3.32. The van der Waals surface area contributed by atoms with Gasteiger partial charge < -0.3 is 4.90 Å². The second-order valence-corrected chi connectivity index (χ2v) is 6.12. The highest BCUT2D eigenvalue weighted by molar-refractivity contribution is 7.14. The highest BCUT2D eigenvalue weighted by Gasteiger charge is 2.20. The first-order valence-corrected chi connectivity index (χ1v) is 7.20. The zero-order valence-electron chi connectivity index (χ0n) is 10.9. The maximum atomic E-state index is 12.2. The van der Waals surface area contributed by atoms with E-state index in [9.17, 15) is 4.79 Å². The highest BCUT2D eigenvalue weighted by Crippen LogP contribution is 2.30. The zero-order valence-corrected chi connectivity index (χ0v) is 11.7. The van der Waals surface area contributed by atoms with Crippen LogP contribution < -0.4 is 0 Å². The molecule has 1 aromatic rings. The monoisotopic (exact) mass is 262 g/mol. The Morgan fingerprint density at radius 2 is 2.28 bits per heavy atom. The molecule has 1 heterocycles. The molecule has 0 radical (unpaired) electrons. The quantitative estimate of drug-likeness (QED) is 0.840. The fourth-order valence-electron chi connectivity index (χ4n) is 2.32. The molecule has 0 bridgehead atoms. The van der Waals surface area contributed by atoms with Gasteiger partial charge in [0.1, 0.15) is 0 Å². The molecular formula is C14H18N2OS. The largest absolute Gasteiger partial charge is 0.340 e. The molecule has 0 saturated carbocycles. The first kappa shape index (κ1) is 13.1. The molecule has 1 aliphatic carbocycles. The van der Waals surface area contributed by atoms with Crippen molar-refractivity contribution in [2.75, 3.05) is 13.6 Å². The molecule has 1 atom stereocenters. The lowest BCUT2D eigenvalue weighted by atomic mass is 9.99. The third-order valence-corrected chi connectivity index (χ3v) is 4.55. The van der Waals surface area contributed by atoms with Crippen molar-refractivity contribution in [3.63, 3.8) is 0 Å². The molecule has 1 unspecified atom stereocenters. The number of hydrogen-bond donors (Lipinski definition) is 0. The molecule has 18 heavy (non-hydrogen) atoms. The number of thiophene rings is 1. The van der Waals surface area contributed by atoms with Crippen LogP contribution in [0, 0.1) is 17.2 Å². The van der Waals surface area contributed by atoms with Crippen LogP contribution in [0.3, 0.4) is 0 Å². The summed E-state index contributed by atoms with van der Waals surface area (Å²) in [6.45, 7) is 2.33. The summed E-state index contributed by atoms with van der Waals surface area (Å²) in [6.07, 6.45) is 4.70. The van der Waals surface area contributed by atoms with E-state index in [4.69, 9.17) is 5.26 Å². The molecular weight excluding hydrogens is 244 g/mol. The van der Waals surface area contributed by atoms with Crippen molar-refractivity contribution >= 4 is 17.2 Å². The van der Waals surface area contributed by atoms with Crippen molar-refractivity contribution in [3.8, 4) is 6.07 Å². The molecule has 0 fully saturated rings. The van der Waals surface area contributed by atoms with Crippen molar-refractivity contribution in [1.29, 1.82) is 5.26 Å². The number of carbonyl (C=O) groups excluding carboxylic acids is 1. The normalized spacial score (nSPS) is 15.6. The molecule has 2 rings (SSSR count). The molecule has 3 nitrogen and oxygen atoms in total. The SMILES string of the molecule is CC(C#N)CN(C)C(=O)c1cc2c(s1)CCCC2. The van der Waals surface area contributed by atoms with Gasteiger partial charge in [-0.2, -0.15) is 5.26 Å². The lowest BCUT2D eigenvalue weighted by Gasteiger charge is -2.17. The molecule has 96 valence electrons. The lowest BCUT2D eigenvalue weighted by Crippen LogP contribution is -2.30. The van der Waals surface area contributed by atoms with Crippen LogP contribution in [-0.4, -0.2) is 24.4 Å². The fraction of sp³-hybridized carbons (Fsp3) is 0.571. The first-order chi connectivity index (χ1) is 8.61. The summed E-state index contributed by atoms with van der Waals surface area (Å²) in [5.41, 5.74) is 1.36. The van der Waals surface area contributed by atoms with E-state index in [0.717, 1.165) is 17.7 Å². The van der Waals surface area contributed by atoms with Crippen molar-refractivity contribution < 1.29 is 4.79 Å². The van der Waals surface area contributed by atoms with Gasteiger partial charge in [-0.05, 0) is 44.2 Å². The Balaban J connectivity index is 2.09. The van der Waals surface area contributed by atoms with Crippen molar-refractivity contribution in [1.82, 2.24) is 4.90 Å². The zero-order chi connectivity index (χ0) is 13.1. The molecule has 4 heteroatoms. The number of hydrogen-bond acceptors (Lipinski definition) is 3. The Bertz CT molecular complexity index is 463. The van der Waals surface area contributed by atoms with E-state index in [-0.39, 0.29) is 11.8 Å². The van der Waals surface area contributed by atoms with E-state index in [1.54, 1.807) is 23.3 Å². The van der Waals surface area contributed by atoms with Gasteiger partial charge in [0.25, 0.3) is 5.91 Å². The molecule has 1 aliphatic rings.